The number of hydrogen-bond acceptors (Lipinski definition) is 4. The zero-order chi connectivity index (χ0) is 26.1. The maximum Gasteiger partial charge on any atom is 0.323 e. The third kappa shape index (κ3) is 8.87. The summed E-state index contributed by atoms with van der Waals surface area (Å²) in [6, 6.07) is 9.88. The fourth-order valence-corrected chi connectivity index (χ4v) is 4.10. The lowest BCUT2D eigenvalue weighted by atomic mass is 9.94. The monoisotopic (exact) mass is 487 g/mol. The highest BCUT2D eigenvalue weighted by molar-refractivity contribution is 6.02. The Kier molecular flexibility index (Phi) is 10.5. The van der Waals surface area contributed by atoms with Crippen molar-refractivity contribution in [1.82, 2.24) is 0 Å². The Balaban J connectivity index is 2.53. The predicted molar refractivity (Wildman–Crippen MR) is 139 cm³/mol. The number of urea groups is 1. The van der Waals surface area contributed by atoms with Gasteiger partial charge in [-0.05, 0) is 54.2 Å². The van der Waals surface area contributed by atoms with Gasteiger partial charge in [0.2, 0.25) is 0 Å². The van der Waals surface area contributed by atoms with Crippen LogP contribution in [0.15, 0.2) is 36.4 Å². The normalized spacial score (nSPS) is 12.0. The van der Waals surface area contributed by atoms with Gasteiger partial charge in [-0.1, -0.05) is 39.8 Å². The Hall–Kier alpha value is -3.13. The molecule has 2 aromatic rings. The van der Waals surface area contributed by atoms with Gasteiger partial charge in [0, 0.05) is 31.8 Å². The standard InChI is InChI=1S/C27H38FN3O4/c1-17(2)14-31(15-18(3)4)26-23(28)11-20(21(16-35-6)13-25(32)33)12-24(26)30-27(34)29-22-9-7-8-19(5)10-22/h7-12,17-18,21H,13-16H2,1-6H3,(H,32,33)(H2,29,30,34). The van der Waals surface area contributed by atoms with Crippen molar-refractivity contribution >= 4 is 29.1 Å². The quantitative estimate of drug-likeness (QED) is 0.336. The molecule has 192 valence electrons. The van der Waals surface area contributed by atoms with Gasteiger partial charge in [0.05, 0.1) is 24.4 Å². The van der Waals surface area contributed by atoms with E-state index in [0.717, 1.165) is 5.56 Å². The number of rotatable bonds is 12. The maximum atomic E-state index is 15.7. The van der Waals surface area contributed by atoms with E-state index in [-0.39, 0.29) is 30.6 Å². The van der Waals surface area contributed by atoms with E-state index >= 15 is 4.39 Å². The average molecular weight is 488 g/mol. The van der Waals surface area contributed by atoms with Crippen LogP contribution in [0.3, 0.4) is 0 Å². The largest absolute Gasteiger partial charge is 0.481 e. The van der Waals surface area contributed by atoms with Crippen molar-refractivity contribution in [3.8, 4) is 0 Å². The minimum atomic E-state index is -1.01. The van der Waals surface area contributed by atoms with Crippen LogP contribution in [0, 0.1) is 24.6 Å². The maximum absolute atomic E-state index is 15.7. The van der Waals surface area contributed by atoms with E-state index in [1.54, 1.807) is 12.1 Å². The highest BCUT2D eigenvalue weighted by atomic mass is 19.1. The molecule has 0 spiro atoms. The van der Waals surface area contributed by atoms with Gasteiger partial charge in [-0.15, -0.1) is 0 Å². The van der Waals surface area contributed by atoms with Crippen molar-refractivity contribution < 1.29 is 23.8 Å². The summed E-state index contributed by atoms with van der Waals surface area (Å²) in [6.07, 6.45) is -0.219. The van der Waals surface area contributed by atoms with E-state index in [4.69, 9.17) is 4.74 Å². The second kappa shape index (κ2) is 13.1. The summed E-state index contributed by atoms with van der Waals surface area (Å²) in [5, 5.41) is 15.0. The Morgan fingerprint density at radius 3 is 2.26 bits per heavy atom. The predicted octanol–water partition coefficient (Wildman–Crippen LogP) is 6.10. The number of benzene rings is 2. The second-order valence-corrected chi connectivity index (χ2v) is 9.79. The van der Waals surface area contributed by atoms with Crippen LogP contribution in [0.4, 0.5) is 26.2 Å². The lowest BCUT2D eigenvalue weighted by Crippen LogP contribution is -2.33. The summed E-state index contributed by atoms with van der Waals surface area (Å²) < 4.78 is 20.9. The minimum Gasteiger partial charge on any atom is -0.481 e. The molecule has 0 heterocycles. The van der Waals surface area contributed by atoms with E-state index < -0.39 is 23.7 Å². The molecule has 0 bridgehead atoms. The number of carbonyl (C=O) groups is 2. The lowest BCUT2D eigenvalue weighted by Gasteiger charge is -2.31. The average Bonchev–Trinajstić information content (AvgIpc) is 2.71. The number of nitrogens with one attached hydrogen (secondary N) is 2. The van der Waals surface area contributed by atoms with Crippen molar-refractivity contribution in [2.24, 2.45) is 11.8 Å². The molecule has 1 atom stereocenters. The molecule has 0 aliphatic rings. The van der Waals surface area contributed by atoms with Gasteiger partial charge in [0.25, 0.3) is 0 Å². The first-order valence-electron chi connectivity index (χ1n) is 11.9. The number of ether oxygens (including phenoxy) is 1. The second-order valence-electron chi connectivity index (χ2n) is 9.79. The fourth-order valence-electron chi connectivity index (χ4n) is 4.10. The molecular weight excluding hydrogens is 449 g/mol. The molecule has 2 rings (SSSR count). The Morgan fingerprint density at radius 2 is 1.71 bits per heavy atom. The summed E-state index contributed by atoms with van der Waals surface area (Å²) in [4.78, 5) is 26.3. The highest BCUT2D eigenvalue weighted by Gasteiger charge is 2.24. The van der Waals surface area contributed by atoms with Gasteiger partial charge in [0.1, 0.15) is 5.82 Å². The summed E-state index contributed by atoms with van der Waals surface area (Å²) in [7, 11) is 1.47. The lowest BCUT2D eigenvalue weighted by molar-refractivity contribution is -0.137. The van der Waals surface area contributed by atoms with Gasteiger partial charge < -0.3 is 25.4 Å². The van der Waals surface area contributed by atoms with Crippen LogP contribution in [0.5, 0.6) is 0 Å². The number of aliphatic carboxylic acids is 1. The first-order chi connectivity index (χ1) is 16.5. The smallest absolute Gasteiger partial charge is 0.323 e. The van der Waals surface area contributed by atoms with E-state index in [2.05, 4.69) is 38.3 Å². The molecule has 0 fully saturated rings. The molecule has 0 saturated heterocycles. The molecule has 0 aliphatic heterocycles. The highest BCUT2D eigenvalue weighted by Crippen LogP contribution is 2.35. The van der Waals surface area contributed by atoms with Crippen LogP contribution in [-0.4, -0.2) is 43.9 Å². The van der Waals surface area contributed by atoms with Gasteiger partial charge in [-0.2, -0.15) is 0 Å². The topological polar surface area (TPSA) is 90.9 Å². The third-order valence-corrected chi connectivity index (χ3v) is 5.36. The number of nitrogens with zero attached hydrogens (tertiary/aromatic N) is 1. The Bertz CT molecular complexity index is 1000. The van der Waals surface area contributed by atoms with Crippen LogP contribution in [-0.2, 0) is 9.53 Å². The van der Waals surface area contributed by atoms with Gasteiger partial charge in [-0.3, -0.25) is 4.79 Å². The van der Waals surface area contributed by atoms with Crippen LogP contribution >= 0.6 is 0 Å². The first kappa shape index (κ1) is 28.1. The molecular formula is C27H38FN3O4. The van der Waals surface area contributed by atoms with E-state index in [1.165, 1.54) is 13.2 Å². The molecule has 8 heteroatoms. The Labute approximate surface area is 207 Å². The van der Waals surface area contributed by atoms with E-state index in [0.29, 0.717) is 30.0 Å². The summed E-state index contributed by atoms with van der Waals surface area (Å²) >= 11 is 0. The van der Waals surface area contributed by atoms with Crippen LogP contribution < -0.4 is 15.5 Å². The third-order valence-electron chi connectivity index (χ3n) is 5.36. The van der Waals surface area contributed by atoms with Gasteiger partial charge >= 0.3 is 12.0 Å². The van der Waals surface area contributed by atoms with Gasteiger partial charge in [0.15, 0.2) is 0 Å². The number of aryl methyl sites for hydroxylation is 1. The number of methoxy groups -OCH3 is 1. The van der Waals surface area contributed by atoms with Crippen molar-refractivity contribution in [3.05, 3.63) is 53.3 Å². The fraction of sp³-hybridized carbons (Fsp3) is 0.481. The number of hydrogen-bond donors (Lipinski definition) is 3. The van der Waals surface area contributed by atoms with Crippen LogP contribution in [0.1, 0.15) is 51.2 Å². The summed E-state index contributed by atoms with van der Waals surface area (Å²) in [6.45, 7) is 11.4. The van der Waals surface area contributed by atoms with Crippen molar-refractivity contribution in [2.75, 3.05) is 42.3 Å². The molecule has 2 aromatic carbocycles. The van der Waals surface area contributed by atoms with Gasteiger partial charge in [-0.25, -0.2) is 9.18 Å². The Morgan fingerprint density at radius 1 is 1.06 bits per heavy atom. The SMILES string of the molecule is COCC(CC(=O)O)c1cc(F)c(N(CC(C)C)CC(C)C)c(NC(=O)Nc2cccc(C)c2)c1. The van der Waals surface area contributed by atoms with Crippen molar-refractivity contribution in [3.63, 3.8) is 0 Å². The molecule has 1 unspecified atom stereocenters. The minimum absolute atomic E-state index is 0.113. The number of carboxylic acids is 1. The van der Waals surface area contributed by atoms with Crippen molar-refractivity contribution in [2.45, 2.75) is 47.0 Å². The summed E-state index contributed by atoms with van der Waals surface area (Å²) in [5.74, 6) is -1.57. The molecule has 35 heavy (non-hydrogen) atoms. The number of amides is 2. The van der Waals surface area contributed by atoms with E-state index in [1.807, 2.05) is 30.0 Å². The molecule has 2 amide bonds. The zero-order valence-corrected chi connectivity index (χ0v) is 21.5. The number of anilines is 3. The molecule has 0 aromatic heterocycles. The molecule has 0 radical (unpaired) electrons. The molecule has 0 aliphatic carbocycles. The number of halogens is 1. The van der Waals surface area contributed by atoms with Crippen LogP contribution in [0.25, 0.3) is 0 Å². The van der Waals surface area contributed by atoms with Crippen molar-refractivity contribution in [1.29, 1.82) is 0 Å². The zero-order valence-electron chi connectivity index (χ0n) is 21.5. The molecule has 7 nitrogen and oxygen atoms in total. The molecule has 0 saturated carbocycles. The van der Waals surface area contributed by atoms with E-state index in [9.17, 15) is 14.7 Å². The molecule has 3 N–H and O–H groups in total. The first-order valence-corrected chi connectivity index (χ1v) is 11.9. The number of carboxylic acid groups (broad SMARTS) is 1. The summed E-state index contributed by atoms with van der Waals surface area (Å²) in [5.41, 5.74) is 2.65. The number of carbonyl (C=O) groups excluding carboxylic acids is 1. The van der Waals surface area contributed by atoms with Crippen LogP contribution in [0.2, 0.25) is 0 Å².